The number of para-hydroxylation sites is 1. The summed E-state index contributed by atoms with van der Waals surface area (Å²) in [6, 6.07) is 26.1. The lowest BCUT2D eigenvalue weighted by molar-refractivity contribution is 0.292. The van der Waals surface area contributed by atoms with Crippen LogP contribution in [0.3, 0.4) is 0 Å². The molecule has 6 rings (SSSR count). The summed E-state index contributed by atoms with van der Waals surface area (Å²) in [4.78, 5) is 7.71. The van der Waals surface area contributed by atoms with E-state index in [1.807, 2.05) is 11.8 Å². The van der Waals surface area contributed by atoms with Crippen LogP contribution in [0, 0.1) is 0 Å². The minimum absolute atomic E-state index is 0.370. The molecule has 0 amide bonds. The van der Waals surface area contributed by atoms with Crippen molar-refractivity contribution in [3.63, 3.8) is 0 Å². The zero-order chi connectivity index (χ0) is 20.2. The zero-order valence-electron chi connectivity index (χ0n) is 17.5. The van der Waals surface area contributed by atoms with Gasteiger partial charge >= 0.3 is 0 Å². The van der Waals surface area contributed by atoms with Crippen molar-refractivity contribution in [2.45, 2.75) is 41.1 Å². The van der Waals surface area contributed by atoms with Crippen LogP contribution in [-0.2, 0) is 0 Å². The molecular formula is C26H27N3S. The van der Waals surface area contributed by atoms with Crippen LogP contribution in [0.25, 0.3) is 0 Å². The molecule has 0 aliphatic carbocycles. The van der Waals surface area contributed by atoms with Gasteiger partial charge < -0.3 is 10.2 Å². The monoisotopic (exact) mass is 413 g/mol. The number of likely N-dealkylation sites (tertiary alicyclic amines) is 1. The van der Waals surface area contributed by atoms with Crippen molar-refractivity contribution in [2.75, 3.05) is 30.4 Å². The van der Waals surface area contributed by atoms with Crippen LogP contribution in [-0.4, -0.2) is 37.1 Å². The summed E-state index contributed by atoms with van der Waals surface area (Å²) in [5, 5.41) is 3.62. The van der Waals surface area contributed by atoms with Gasteiger partial charge in [-0.25, -0.2) is 0 Å². The number of piperazine rings is 1. The minimum atomic E-state index is 0.370. The topological polar surface area (TPSA) is 18.5 Å². The average molecular weight is 414 g/mol. The van der Waals surface area contributed by atoms with Gasteiger partial charge in [0.15, 0.2) is 0 Å². The van der Waals surface area contributed by atoms with E-state index in [2.05, 4.69) is 95.8 Å². The SMILES string of the molecule is CC(c1ccc(N2C[C@@H]3C[C@H]2CN3C)cc1)c1ccc2c(c1)Nc1ccccc1S2. The second-order valence-corrected chi connectivity index (χ2v) is 10.0. The van der Waals surface area contributed by atoms with E-state index in [1.54, 1.807) is 0 Å². The fourth-order valence-corrected chi connectivity index (χ4v) is 6.22. The van der Waals surface area contributed by atoms with Crippen molar-refractivity contribution in [1.82, 2.24) is 4.90 Å². The van der Waals surface area contributed by atoms with E-state index < -0.39 is 0 Å². The van der Waals surface area contributed by atoms with E-state index in [4.69, 9.17) is 0 Å². The first-order valence-electron chi connectivity index (χ1n) is 10.9. The summed E-state index contributed by atoms with van der Waals surface area (Å²) in [6.45, 7) is 4.69. The summed E-state index contributed by atoms with van der Waals surface area (Å²) >= 11 is 1.85. The number of rotatable bonds is 3. The maximum Gasteiger partial charge on any atom is 0.0529 e. The molecule has 1 N–H and O–H groups in total. The molecule has 0 aromatic heterocycles. The van der Waals surface area contributed by atoms with Crippen LogP contribution >= 0.6 is 11.8 Å². The van der Waals surface area contributed by atoms with Gasteiger partial charge in [-0.05, 0) is 61.0 Å². The van der Waals surface area contributed by atoms with Crippen molar-refractivity contribution in [1.29, 1.82) is 0 Å². The molecule has 3 aliphatic heterocycles. The molecule has 2 bridgehead atoms. The Morgan fingerprint density at radius 1 is 0.867 bits per heavy atom. The van der Waals surface area contributed by atoms with E-state index >= 15 is 0 Å². The quantitative estimate of drug-likeness (QED) is 0.448. The van der Waals surface area contributed by atoms with E-state index in [0.29, 0.717) is 12.0 Å². The highest BCUT2D eigenvalue weighted by Gasteiger charge is 2.41. The van der Waals surface area contributed by atoms with Gasteiger partial charge in [0, 0.05) is 46.6 Å². The standard InChI is InChI=1S/C26H27N3S/c1-17(18-7-10-20(11-8-18)29-16-21-14-22(29)15-28(21)2)19-9-12-26-24(13-19)27-23-5-3-4-6-25(23)30-26/h3-13,17,21-22,27H,14-16H2,1-2H3/t17?,21-,22-/m0/s1. The molecule has 4 heteroatoms. The van der Waals surface area contributed by atoms with Gasteiger partial charge in [-0.15, -0.1) is 0 Å². The molecule has 0 saturated carbocycles. The van der Waals surface area contributed by atoms with Crippen molar-refractivity contribution in [3.8, 4) is 0 Å². The minimum Gasteiger partial charge on any atom is -0.366 e. The van der Waals surface area contributed by atoms with Crippen molar-refractivity contribution in [3.05, 3.63) is 77.9 Å². The zero-order valence-corrected chi connectivity index (χ0v) is 18.3. The number of hydrogen-bond donors (Lipinski definition) is 1. The van der Waals surface area contributed by atoms with Gasteiger partial charge in [-0.2, -0.15) is 0 Å². The van der Waals surface area contributed by atoms with Crippen LogP contribution in [0.5, 0.6) is 0 Å². The molecule has 2 saturated heterocycles. The maximum atomic E-state index is 3.62. The van der Waals surface area contributed by atoms with Crippen molar-refractivity contribution >= 4 is 28.8 Å². The second kappa shape index (κ2) is 7.07. The molecule has 3 heterocycles. The summed E-state index contributed by atoms with van der Waals surface area (Å²) in [7, 11) is 2.26. The Kier molecular flexibility index (Phi) is 4.32. The summed E-state index contributed by atoms with van der Waals surface area (Å²) in [5.41, 5.74) is 6.54. The highest BCUT2D eigenvalue weighted by Crippen LogP contribution is 2.45. The number of benzene rings is 3. The third-order valence-corrected chi connectivity index (χ3v) is 8.27. The Balaban J connectivity index is 1.22. The molecule has 3 aliphatic rings. The molecular weight excluding hydrogens is 386 g/mol. The predicted octanol–water partition coefficient (Wildman–Crippen LogP) is 5.94. The Labute approximate surface area is 183 Å². The average Bonchev–Trinajstić information content (AvgIpc) is 3.36. The molecule has 152 valence electrons. The number of fused-ring (bicyclic) bond motifs is 4. The van der Waals surface area contributed by atoms with Gasteiger partial charge in [0.05, 0.1) is 11.4 Å². The normalized spacial score (nSPS) is 23.1. The Bertz CT molecular complexity index is 1090. The molecule has 3 aromatic carbocycles. The van der Waals surface area contributed by atoms with Gasteiger partial charge in [0.2, 0.25) is 0 Å². The third-order valence-electron chi connectivity index (χ3n) is 7.12. The van der Waals surface area contributed by atoms with Crippen LogP contribution in [0.1, 0.15) is 30.4 Å². The lowest BCUT2D eigenvalue weighted by Crippen LogP contribution is -2.44. The number of hydrogen-bond acceptors (Lipinski definition) is 4. The number of nitrogens with one attached hydrogen (secondary N) is 1. The molecule has 3 atom stereocenters. The highest BCUT2D eigenvalue weighted by atomic mass is 32.2. The Hall–Kier alpha value is -2.43. The van der Waals surface area contributed by atoms with Crippen LogP contribution in [0.4, 0.5) is 17.1 Å². The maximum absolute atomic E-state index is 3.62. The molecule has 0 radical (unpaired) electrons. The summed E-state index contributed by atoms with van der Waals surface area (Å²) < 4.78 is 0. The highest BCUT2D eigenvalue weighted by molar-refractivity contribution is 7.99. The molecule has 0 spiro atoms. The Morgan fingerprint density at radius 2 is 1.63 bits per heavy atom. The van der Waals surface area contributed by atoms with Crippen molar-refractivity contribution in [2.24, 2.45) is 0 Å². The summed E-state index contributed by atoms with van der Waals surface area (Å²) in [6.07, 6.45) is 1.32. The number of nitrogens with zero attached hydrogens (tertiary/aromatic N) is 2. The van der Waals surface area contributed by atoms with Gasteiger partial charge in [0.1, 0.15) is 0 Å². The second-order valence-electron chi connectivity index (χ2n) is 8.93. The Morgan fingerprint density at radius 3 is 2.40 bits per heavy atom. The van der Waals surface area contributed by atoms with Crippen molar-refractivity contribution < 1.29 is 0 Å². The fraction of sp³-hybridized carbons (Fsp3) is 0.308. The fourth-order valence-electron chi connectivity index (χ4n) is 5.26. The number of likely N-dealkylation sites (N-methyl/N-ethyl adjacent to an activating group) is 1. The molecule has 3 aromatic rings. The number of anilines is 3. The lowest BCUT2D eigenvalue weighted by atomic mass is 9.92. The van der Waals surface area contributed by atoms with Gasteiger partial charge in [-0.1, -0.05) is 49.0 Å². The third kappa shape index (κ3) is 3.01. The first-order chi connectivity index (χ1) is 14.7. The largest absolute Gasteiger partial charge is 0.366 e. The van der Waals surface area contributed by atoms with Gasteiger partial charge in [-0.3, -0.25) is 4.90 Å². The van der Waals surface area contributed by atoms with E-state index in [9.17, 15) is 0 Å². The lowest BCUT2D eigenvalue weighted by Gasteiger charge is -2.33. The van der Waals surface area contributed by atoms with E-state index in [0.717, 1.165) is 6.04 Å². The van der Waals surface area contributed by atoms with Gasteiger partial charge in [0.25, 0.3) is 0 Å². The molecule has 2 fully saturated rings. The molecule has 30 heavy (non-hydrogen) atoms. The first kappa shape index (κ1) is 18.3. The molecule has 3 nitrogen and oxygen atoms in total. The van der Waals surface area contributed by atoms with Crippen LogP contribution in [0.2, 0.25) is 0 Å². The van der Waals surface area contributed by atoms with Crippen LogP contribution in [0.15, 0.2) is 76.5 Å². The predicted molar refractivity (Wildman–Crippen MR) is 126 cm³/mol. The molecule has 1 unspecified atom stereocenters. The van der Waals surface area contributed by atoms with Crippen LogP contribution < -0.4 is 10.2 Å². The summed E-state index contributed by atoms with van der Waals surface area (Å²) in [5.74, 6) is 0.370. The smallest absolute Gasteiger partial charge is 0.0529 e. The van der Waals surface area contributed by atoms with E-state index in [1.165, 1.54) is 57.5 Å². The van der Waals surface area contributed by atoms with E-state index in [-0.39, 0.29) is 0 Å². The first-order valence-corrected chi connectivity index (χ1v) is 11.7.